The second-order valence-electron chi connectivity index (χ2n) is 3.62. The van der Waals surface area contributed by atoms with E-state index in [1.54, 1.807) is 25.1 Å². The number of aliphatic hydroxyl groups excluding tert-OH is 1. The highest BCUT2D eigenvalue weighted by atomic mass is 19.4. The molecule has 2 N–H and O–H groups in total. The molecule has 1 unspecified atom stereocenters. The van der Waals surface area contributed by atoms with Gasteiger partial charge in [-0.1, -0.05) is 0 Å². The first-order valence-electron chi connectivity index (χ1n) is 4.98. The van der Waals surface area contributed by atoms with Crippen molar-refractivity contribution in [3.05, 3.63) is 23.8 Å². The number of aryl methyl sites for hydroxylation is 1. The lowest BCUT2D eigenvalue weighted by atomic mass is 10.2. The Morgan fingerprint density at radius 2 is 2.06 bits per heavy atom. The van der Waals surface area contributed by atoms with Gasteiger partial charge in [0.2, 0.25) is 0 Å². The number of ether oxygens (including phenoxy) is 1. The first-order valence-corrected chi connectivity index (χ1v) is 4.98. The molecule has 0 fully saturated rings. The van der Waals surface area contributed by atoms with E-state index >= 15 is 0 Å². The van der Waals surface area contributed by atoms with Crippen molar-refractivity contribution in [3.63, 3.8) is 0 Å². The van der Waals surface area contributed by atoms with Gasteiger partial charge in [-0.25, -0.2) is 0 Å². The van der Waals surface area contributed by atoms with Gasteiger partial charge in [0.15, 0.2) is 6.10 Å². The van der Waals surface area contributed by atoms with Crippen LogP contribution in [0.25, 0.3) is 0 Å². The number of aliphatic hydroxyl groups is 1. The zero-order valence-corrected chi connectivity index (χ0v) is 9.51. The Balaban J connectivity index is 2.61. The van der Waals surface area contributed by atoms with E-state index in [1.165, 1.54) is 7.11 Å². The molecule has 1 rings (SSSR count). The molecule has 0 amide bonds. The maximum Gasteiger partial charge on any atom is 0.416 e. The molecular formula is C11H14F3NO2. The Morgan fingerprint density at radius 1 is 1.41 bits per heavy atom. The van der Waals surface area contributed by atoms with E-state index in [0.717, 1.165) is 5.56 Å². The van der Waals surface area contributed by atoms with E-state index in [0.29, 0.717) is 11.4 Å². The lowest BCUT2D eigenvalue weighted by molar-refractivity contribution is -0.198. The molecule has 0 aliphatic carbocycles. The highest BCUT2D eigenvalue weighted by Gasteiger charge is 2.37. The summed E-state index contributed by atoms with van der Waals surface area (Å²) in [4.78, 5) is 0. The van der Waals surface area contributed by atoms with Crippen LogP contribution in [0.15, 0.2) is 18.2 Å². The van der Waals surface area contributed by atoms with Crippen molar-refractivity contribution in [2.24, 2.45) is 0 Å². The molecule has 1 aromatic carbocycles. The fourth-order valence-corrected chi connectivity index (χ4v) is 1.32. The highest BCUT2D eigenvalue weighted by Crippen LogP contribution is 2.23. The van der Waals surface area contributed by atoms with Gasteiger partial charge in [0, 0.05) is 12.2 Å². The number of hydrogen-bond donors (Lipinski definition) is 2. The van der Waals surface area contributed by atoms with E-state index in [4.69, 9.17) is 9.84 Å². The van der Waals surface area contributed by atoms with Crippen molar-refractivity contribution in [1.29, 1.82) is 0 Å². The largest absolute Gasteiger partial charge is 0.496 e. The van der Waals surface area contributed by atoms with Crippen molar-refractivity contribution < 1.29 is 23.0 Å². The van der Waals surface area contributed by atoms with E-state index in [9.17, 15) is 13.2 Å². The molecule has 96 valence electrons. The van der Waals surface area contributed by atoms with E-state index in [1.807, 2.05) is 0 Å². The third-order valence-corrected chi connectivity index (χ3v) is 2.27. The average molecular weight is 249 g/mol. The lowest BCUT2D eigenvalue weighted by Gasteiger charge is -2.16. The minimum absolute atomic E-state index is 0.506. The average Bonchev–Trinajstić information content (AvgIpc) is 2.24. The number of nitrogens with one attached hydrogen (secondary N) is 1. The third-order valence-electron chi connectivity index (χ3n) is 2.27. The lowest BCUT2D eigenvalue weighted by Crippen LogP contribution is -2.34. The second-order valence-corrected chi connectivity index (χ2v) is 3.62. The first-order chi connectivity index (χ1) is 7.84. The molecular weight excluding hydrogens is 235 g/mol. The van der Waals surface area contributed by atoms with E-state index < -0.39 is 18.8 Å². The fourth-order valence-electron chi connectivity index (χ4n) is 1.32. The first kappa shape index (κ1) is 13.6. The molecule has 0 aliphatic rings. The normalized spacial score (nSPS) is 13.3. The van der Waals surface area contributed by atoms with Gasteiger partial charge in [-0.15, -0.1) is 0 Å². The van der Waals surface area contributed by atoms with Gasteiger partial charge in [-0.2, -0.15) is 13.2 Å². The Hall–Kier alpha value is -1.43. The summed E-state index contributed by atoms with van der Waals surface area (Å²) in [5, 5.41) is 11.3. The van der Waals surface area contributed by atoms with Crippen LogP contribution in [0.3, 0.4) is 0 Å². The Morgan fingerprint density at radius 3 is 2.53 bits per heavy atom. The number of hydrogen-bond acceptors (Lipinski definition) is 3. The van der Waals surface area contributed by atoms with Gasteiger partial charge >= 0.3 is 6.18 Å². The molecule has 3 nitrogen and oxygen atoms in total. The predicted octanol–water partition coefficient (Wildman–Crippen LogP) is 2.34. The third kappa shape index (κ3) is 3.81. The van der Waals surface area contributed by atoms with Crippen LogP contribution >= 0.6 is 0 Å². The van der Waals surface area contributed by atoms with Crippen molar-refractivity contribution in [3.8, 4) is 5.75 Å². The van der Waals surface area contributed by atoms with Crippen LogP contribution in [-0.2, 0) is 0 Å². The van der Waals surface area contributed by atoms with Crippen LogP contribution in [0.4, 0.5) is 18.9 Å². The smallest absolute Gasteiger partial charge is 0.416 e. The molecule has 0 saturated heterocycles. The summed E-state index contributed by atoms with van der Waals surface area (Å²) in [5.41, 5.74) is 1.31. The number of alkyl halides is 3. The van der Waals surface area contributed by atoms with Gasteiger partial charge in [-0.3, -0.25) is 0 Å². The molecule has 0 aromatic heterocycles. The molecule has 17 heavy (non-hydrogen) atoms. The Kier molecular flexibility index (Phi) is 4.22. The second kappa shape index (κ2) is 5.27. The van der Waals surface area contributed by atoms with E-state index in [-0.39, 0.29) is 0 Å². The molecule has 0 bridgehead atoms. The molecule has 0 spiro atoms. The minimum Gasteiger partial charge on any atom is -0.496 e. The van der Waals surface area contributed by atoms with Crippen molar-refractivity contribution in [2.45, 2.75) is 19.2 Å². The predicted molar refractivity (Wildman–Crippen MR) is 58.3 cm³/mol. The van der Waals surface area contributed by atoms with Crippen LogP contribution in [-0.4, -0.2) is 31.0 Å². The van der Waals surface area contributed by atoms with Crippen LogP contribution < -0.4 is 10.1 Å². The molecule has 1 atom stereocenters. The van der Waals surface area contributed by atoms with Crippen LogP contribution in [0.1, 0.15) is 5.56 Å². The maximum atomic E-state index is 12.0. The quantitative estimate of drug-likeness (QED) is 0.860. The van der Waals surface area contributed by atoms with Crippen molar-refractivity contribution in [2.75, 3.05) is 19.0 Å². The summed E-state index contributed by atoms with van der Waals surface area (Å²) in [6.45, 7) is 1.21. The maximum absolute atomic E-state index is 12.0. The summed E-state index contributed by atoms with van der Waals surface area (Å²) >= 11 is 0. The Bertz CT molecular complexity index is 379. The van der Waals surface area contributed by atoms with Crippen LogP contribution in [0, 0.1) is 6.92 Å². The standard InChI is InChI=1S/C11H14F3NO2/c1-7-5-8(3-4-9(7)17-2)15-6-10(16)11(12,13)14/h3-5,10,15-16H,6H2,1-2H3. The molecule has 6 heteroatoms. The highest BCUT2D eigenvalue weighted by molar-refractivity contribution is 5.50. The summed E-state index contributed by atoms with van der Waals surface area (Å²) < 4.78 is 41.1. The minimum atomic E-state index is -4.60. The van der Waals surface area contributed by atoms with Gasteiger partial charge in [-0.05, 0) is 30.7 Å². The number of methoxy groups -OCH3 is 1. The monoisotopic (exact) mass is 249 g/mol. The number of benzene rings is 1. The number of halogens is 3. The SMILES string of the molecule is COc1ccc(NCC(O)C(F)(F)F)cc1C. The molecule has 0 aliphatic heterocycles. The Labute approximate surface area is 97.2 Å². The molecule has 0 saturated carbocycles. The summed E-state index contributed by atoms with van der Waals surface area (Å²) in [7, 11) is 1.52. The number of anilines is 1. The number of rotatable bonds is 4. The summed E-state index contributed by atoms with van der Waals surface area (Å²) in [6.07, 6.45) is -6.97. The van der Waals surface area contributed by atoms with Crippen LogP contribution in [0.5, 0.6) is 5.75 Å². The summed E-state index contributed by atoms with van der Waals surface area (Å²) in [6, 6.07) is 4.90. The zero-order chi connectivity index (χ0) is 13.1. The van der Waals surface area contributed by atoms with Gasteiger partial charge in [0.05, 0.1) is 7.11 Å². The topological polar surface area (TPSA) is 41.5 Å². The van der Waals surface area contributed by atoms with Gasteiger partial charge < -0.3 is 15.2 Å². The molecule has 0 heterocycles. The van der Waals surface area contributed by atoms with Gasteiger partial charge in [0.1, 0.15) is 5.75 Å². The van der Waals surface area contributed by atoms with Crippen molar-refractivity contribution in [1.82, 2.24) is 0 Å². The zero-order valence-electron chi connectivity index (χ0n) is 9.51. The molecule has 0 radical (unpaired) electrons. The van der Waals surface area contributed by atoms with Gasteiger partial charge in [0.25, 0.3) is 0 Å². The molecule has 1 aromatic rings. The fraction of sp³-hybridized carbons (Fsp3) is 0.455. The van der Waals surface area contributed by atoms with E-state index in [2.05, 4.69) is 5.32 Å². The van der Waals surface area contributed by atoms with Crippen molar-refractivity contribution >= 4 is 5.69 Å². The summed E-state index contributed by atoms with van der Waals surface area (Å²) in [5.74, 6) is 0.659. The van der Waals surface area contributed by atoms with Crippen LogP contribution in [0.2, 0.25) is 0 Å².